The van der Waals surface area contributed by atoms with Gasteiger partial charge in [-0.15, -0.1) is 11.3 Å². The molecule has 0 fully saturated rings. The number of fused-ring (bicyclic) bond motifs is 1. The molecule has 0 aliphatic carbocycles. The summed E-state index contributed by atoms with van der Waals surface area (Å²) < 4.78 is 1.80. The summed E-state index contributed by atoms with van der Waals surface area (Å²) in [5, 5.41) is 17.8. The average molecular weight is 374 g/mol. The van der Waals surface area contributed by atoms with Gasteiger partial charge >= 0.3 is 0 Å². The highest BCUT2D eigenvalue weighted by Gasteiger charge is 2.12. The molecule has 0 bridgehead atoms. The van der Waals surface area contributed by atoms with Crippen LogP contribution in [0, 0.1) is 0 Å². The molecule has 27 heavy (non-hydrogen) atoms. The van der Waals surface area contributed by atoms with Crippen molar-refractivity contribution in [1.82, 2.24) is 34.9 Å². The molecule has 0 aliphatic rings. The summed E-state index contributed by atoms with van der Waals surface area (Å²) in [6.45, 7) is 0.473. The fourth-order valence-electron chi connectivity index (χ4n) is 2.80. The standard InChI is InChI=1S/C18H14N8S/c1-2-5-12(6-3-1)26-18-13(9-22-26)16(20-11-21-18)19-10-15-23-17(25-24-15)14-7-4-8-27-14/h1-9,11H,10H2,(H,19,20,21)(H,23,24,25). The summed E-state index contributed by atoms with van der Waals surface area (Å²) in [4.78, 5) is 14.3. The first-order chi connectivity index (χ1) is 13.4. The van der Waals surface area contributed by atoms with Crippen LogP contribution in [0.25, 0.3) is 27.4 Å². The van der Waals surface area contributed by atoms with Gasteiger partial charge in [0.1, 0.15) is 18.0 Å². The number of H-pyrrole nitrogens is 1. The molecule has 0 amide bonds. The van der Waals surface area contributed by atoms with Crippen molar-refractivity contribution in [2.75, 3.05) is 5.32 Å². The molecule has 0 atom stereocenters. The molecule has 4 heterocycles. The number of nitrogens with zero attached hydrogens (tertiary/aromatic N) is 6. The third-order valence-corrected chi connectivity index (χ3v) is 4.93. The molecule has 0 spiro atoms. The van der Waals surface area contributed by atoms with Gasteiger partial charge in [0, 0.05) is 0 Å². The number of aromatic amines is 1. The van der Waals surface area contributed by atoms with E-state index in [4.69, 9.17) is 0 Å². The van der Waals surface area contributed by atoms with E-state index in [0.29, 0.717) is 18.2 Å². The lowest BCUT2D eigenvalue weighted by molar-refractivity contribution is 0.894. The van der Waals surface area contributed by atoms with E-state index in [1.54, 1.807) is 22.2 Å². The van der Waals surface area contributed by atoms with E-state index >= 15 is 0 Å². The lowest BCUT2D eigenvalue weighted by Crippen LogP contribution is -2.04. The number of aromatic nitrogens is 7. The maximum absolute atomic E-state index is 4.52. The van der Waals surface area contributed by atoms with Gasteiger partial charge in [0.15, 0.2) is 11.5 Å². The second-order valence-corrected chi connectivity index (χ2v) is 6.74. The van der Waals surface area contributed by atoms with Crippen LogP contribution in [-0.2, 0) is 6.54 Å². The predicted molar refractivity (Wildman–Crippen MR) is 104 cm³/mol. The van der Waals surface area contributed by atoms with Gasteiger partial charge in [0.2, 0.25) is 0 Å². The van der Waals surface area contributed by atoms with Crippen molar-refractivity contribution in [3.63, 3.8) is 0 Å². The van der Waals surface area contributed by atoms with E-state index in [9.17, 15) is 0 Å². The predicted octanol–water partition coefficient (Wildman–Crippen LogP) is 3.27. The molecule has 5 rings (SSSR count). The number of rotatable bonds is 5. The van der Waals surface area contributed by atoms with Crippen molar-refractivity contribution in [2.45, 2.75) is 6.54 Å². The smallest absolute Gasteiger partial charge is 0.191 e. The zero-order valence-electron chi connectivity index (χ0n) is 14.1. The SMILES string of the molecule is c1ccc(-n2ncc3c(NCc4nc(-c5cccs5)n[nH]4)ncnc32)cc1. The maximum Gasteiger partial charge on any atom is 0.191 e. The second-order valence-electron chi connectivity index (χ2n) is 5.79. The molecule has 0 aliphatic heterocycles. The van der Waals surface area contributed by atoms with Crippen LogP contribution >= 0.6 is 11.3 Å². The van der Waals surface area contributed by atoms with Crippen molar-refractivity contribution >= 4 is 28.2 Å². The molecule has 0 saturated heterocycles. The van der Waals surface area contributed by atoms with Crippen molar-refractivity contribution in [2.24, 2.45) is 0 Å². The van der Waals surface area contributed by atoms with Crippen molar-refractivity contribution < 1.29 is 0 Å². The van der Waals surface area contributed by atoms with Crippen LogP contribution in [0.3, 0.4) is 0 Å². The van der Waals surface area contributed by atoms with Gasteiger partial charge in [0.05, 0.1) is 28.7 Å². The van der Waals surface area contributed by atoms with Crippen LogP contribution in [0.4, 0.5) is 5.82 Å². The zero-order valence-corrected chi connectivity index (χ0v) is 14.9. The van der Waals surface area contributed by atoms with Gasteiger partial charge in [-0.1, -0.05) is 24.3 Å². The van der Waals surface area contributed by atoms with Gasteiger partial charge in [0.25, 0.3) is 0 Å². The molecule has 4 aromatic heterocycles. The first-order valence-corrected chi connectivity index (χ1v) is 9.19. The fraction of sp³-hybridized carbons (Fsp3) is 0.0556. The van der Waals surface area contributed by atoms with Crippen LogP contribution in [0.5, 0.6) is 0 Å². The first-order valence-electron chi connectivity index (χ1n) is 8.32. The normalized spacial score (nSPS) is 11.1. The third-order valence-electron chi connectivity index (χ3n) is 4.06. The van der Waals surface area contributed by atoms with E-state index in [0.717, 1.165) is 27.4 Å². The fourth-order valence-corrected chi connectivity index (χ4v) is 3.46. The molecular weight excluding hydrogens is 360 g/mol. The van der Waals surface area contributed by atoms with Gasteiger partial charge in [-0.05, 0) is 23.6 Å². The van der Waals surface area contributed by atoms with Gasteiger partial charge in [-0.25, -0.2) is 19.6 Å². The Bertz CT molecular complexity index is 1180. The number of anilines is 1. The zero-order chi connectivity index (χ0) is 18.1. The lowest BCUT2D eigenvalue weighted by Gasteiger charge is -2.05. The summed E-state index contributed by atoms with van der Waals surface area (Å²) in [5.74, 6) is 2.14. The number of thiophene rings is 1. The topological polar surface area (TPSA) is 97.2 Å². The summed E-state index contributed by atoms with van der Waals surface area (Å²) in [7, 11) is 0. The number of benzene rings is 1. The van der Waals surface area contributed by atoms with Crippen molar-refractivity contribution in [1.29, 1.82) is 0 Å². The highest BCUT2D eigenvalue weighted by atomic mass is 32.1. The summed E-state index contributed by atoms with van der Waals surface area (Å²) >= 11 is 1.61. The van der Waals surface area contributed by atoms with Crippen LogP contribution in [0.1, 0.15) is 5.82 Å². The van der Waals surface area contributed by atoms with E-state index in [-0.39, 0.29) is 0 Å². The largest absolute Gasteiger partial charge is 0.362 e. The summed E-state index contributed by atoms with van der Waals surface area (Å²) in [6, 6.07) is 13.9. The van der Waals surface area contributed by atoms with Crippen LogP contribution < -0.4 is 5.32 Å². The Kier molecular flexibility index (Phi) is 3.83. The monoisotopic (exact) mass is 374 g/mol. The van der Waals surface area contributed by atoms with Gasteiger partial charge in [-0.3, -0.25) is 5.10 Å². The van der Waals surface area contributed by atoms with Gasteiger partial charge < -0.3 is 5.32 Å². The minimum absolute atomic E-state index is 0.473. The molecular formula is C18H14N8S. The molecule has 132 valence electrons. The Labute approximate surface area is 158 Å². The summed E-state index contributed by atoms with van der Waals surface area (Å²) in [6.07, 6.45) is 3.30. The molecule has 8 nitrogen and oxygen atoms in total. The maximum atomic E-state index is 4.52. The summed E-state index contributed by atoms with van der Waals surface area (Å²) in [5.41, 5.74) is 1.70. The highest BCUT2D eigenvalue weighted by Crippen LogP contribution is 2.23. The quantitative estimate of drug-likeness (QED) is 0.490. The minimum Gasteiger partial charge on any atom is -0.362 e. The Morgan fingerprint density at radius 2 is 2.00 bits per heavy atom. The Morgan fingerprint density at radius 3 is 2.85 bits per heavy atom. The number of nitrogens with one attached hydrogen (secondary N) is 2. The molecule has 0 saturated carbocycles. The van der Waals surface area contributed by atoms with E-state index < -0.39 is 0 Å². The van der Waals surface area contributed by atoms with Crippen molar-refractivity contribution in [3.05, 3.63) is 66.2 Å². The van der Waals surface area contributed by atoms with E-state index in [1.165, 1.54) is 6.33 Å². The molecule has 2 N–H and O–H groups in total. The molecule has 0 radical (unpaired) electrons. The van der Waals surface area contributed by atoms with E-state index in [1.807, 2.05) is 47.8 Å². The van der Waals surface area contributed by atoms with Crippen LogP contribution in [0.2, 0.25) is 0 Å². The number of hydrogen-bond acceptors (Lipinski definition) is 7. The second kappa shape index (κ2) is 6.61. The molecule has 1 aromatic carbocycles. The Balaban J connectivity index is 1.40. The van der Waals surface area contributed by atoms with Crippen LogP contribution in [-0.4, -0.2) is 34.9 Å². The molecule has 5 aromatic rings. The van der Waals surface area contributed by atoms with E-state index in [2.05, 4.69) is 35.6 Å². The van der Waals surface area contributed by atoms with Gasteiger partial charge in [-0.2, -0.15) is 10.2 Å². The first kappa shape index (κ1) is 15.6. The molecule has 9 heteroatoms. The Morgan fingerprint density at radius 1 is 1.07 bits per heavy atom. The minimum atomic E-state index is 0.473. The Hall–Kier alpha value is -3.59. The van der Waals surface area contributed by atoms with Crippen molar-refractivity contribution in [3.8, 4) is 16.4 Å². The van der Waals surface area contributed by atoms with Crippen LogP contribution in [0.15, 0.2) is 60.4 Å². The average Bonchev–Trinajstić information content (AvgIpc) is 3.47. The highest BCUT2D eigenvalue weighted by molar-refractivity contribution is 7.13. The molecule has 0 unspecified atom stereocenters. The number of hydrogen-bond donors (Lipinski definition) is 2. The third kappa shape index (κ3) is 2.93. The lowest BCUT2D eigenvalue weighted by atomic mass is 10.3. The number of para-hydroxylation sites is 1.